The Labute approximate surface area is 174 Å². The zero-order chi connectivity index (χ0) is 19.7. The summed E-state index contributed by atoms with van der Waals surface area (Å²) in [6, 6.07) is 0. The minimum absolute atomic E-state index is 0.322. The molecule has 1 heterocycles. The highest BCUT2D eigenvalue weighted by Crippen LogP contribution is 2.74. The van der Waals surface area contributed by atoms with Gasteiger partial charge in [0.05, 0.1) is 6.10 Å². The molecule has 4 saturated carbocycles. The standard InChI is InChI=1S/C27H46O/c1-18(2)9-8-10-19(3)21-11-12-22-20-17-24-27(28-24)15-7-6-14-26(27,5)23(20)13-16-25(21,22)4/h18-24H,6-17H2,1-5H3/t19-,20+,21-,22+,23+,24?,25-,26-,27?/m1/s1. The lowest BCUT2D eigenvalue weighted by Gasteiger charge is -2.59. The minimum Gasteiger partial charge on any atom is -0.365 e. The van der Waals surface area contributed by atoms with Crippen LogP contribution in [0.2, 0.25) is 0 Å². The fourth-order valence-electron chi connectivity index (χ4n) is 9.74. The van der Waals surface area contributed by atoms with Crippen LogP contribution in [0.5, 0.6) is 0 Å². The van der Waals surface area contributed by atoms with Gasteiger partial charge in [0.1, 0.15) is 5.60 Å². The molecule has 0 radical (unpaired) electrons. The van der Waals surface area contributed by atoms with E-state index in [-0.39, 0.29) is 0 Å². The average Bonchev–Trinajstić information content (AvgIpc) is 3.23. The Morgan fingerprint density at radius 1 is 0.893 bits per heavy atom. The van der Waals surface area contributed by atoms with E-state index in [1.165, 1.54) is 77.0 Å². The Balaban J connectivity index is 1.33. The topological polar surface area (TPSA) is 12.5 Å². The molecule has 5 fully saturated rings. The van der Waals surface area contributed by atoms with Gasteiger partial charge in [-0.25, -0.2) is 0 Å². The normalized spacial score (nSPS) is 53.1. The largest absolute Gasteiger partial charge is 0.365 e. The number of hydrogen-bond acceptors (Lipinski definition) is 1. The number of epoxide rings is 1. The number of ether oxygens (including phenoxy) is 1. The van der Waals surface area contributed by atoms with E-state index in [0.717, 1.165) is 35.5 Å². The molecule has 5 aliphatic rings. The molecule has 28 heavy (non-hydrogen) atoms. The van der Waals surface area contributed by atoms with Crippen molar-refractivity contribution in [1.82, 2.24) is 0 Å². The van der Waals surface area contributed by atoms with Crippen molar-refractivity contribution in [2.24, 2.45) is 46.3 Å². The van der Waals surface area contributed by atoms with Gasteiger partial charge in [-0.1, -0.05) is 66.7 Å². The van der Waals surface area contributed by atoms with Crippen molar-refractivity contribution in [2.45, 2.75) is 123 Å². The molecule has 1 spiro atoms. The van der Waals surface area contributed by atoms with Crippen molar-refractivity contribution in [2.75, 3.05) is 0 Å². The van der Waals surface area contributed by atoms with Crippen LogP contribution in [0.1, 0.15) is 112 Å². The van der Waals surface area contributed by atoms with Gasteiger partial charge in [-0.15, -0.1) is 0 Å². The number of fused-ring (bicyclic) bond motifs is 4. The third-order valence-electron chi connectivity index (χ3n) is 11.2. The molecule has 160 valence electrons. The van der Waals surface area contributed by atoms with Gasteiger partial charge in [0.25, 0.3) is 0 Å². The van der Waals surface area contributed by atoms with E-state index in [4.69, 9.17) is 4.74 Å². The lowest BCUT2D eigenvalue weighted by molar-refractivity contribution is -0.100. The van der Waals surface area contributed by atoms with Gasteiger partial charge in [-0.3, -0.25) is 0 Å². The van der Waals surface area contributed by atoms with Gasteiger partial charge >= 0.3 is 0 Å². The van der Waals surface area contributed by atoms with Crippen molar-refractivity contribution in [3.8, 4) is 0 Å². The van der Waals surface area contributed by atoms with Crippen LogP contribution in [0.15, 0.2) is 0 Å². The second-order valence-electron chi connectivity index (χ2n) is 12.8. The summed E-state index contributed by atoms with van der Waals surface area (Å²) >= 11 is 0. The molecule has 0 aromatic carbocycles. The Bertz CT molecular complexity index is 597. The van der Waals surface area contributed by atoms with Crippen LogP contribution >= 0.6 is 0 Å². The first-order valence-corrected chi connectivity index (χ1v) is 13.0. The highest BCUT2D eigenvalue weighted by Gasteiger charge is 2.75. The number of rotatable bonds is 5. The molecule has 0 amide bonds. The molecule has 2 unspecified atom stereocenters. The van der Waals surface area contributed by atoms with Crippen LogP contribution in [0.3, 0.4) is 0 Å². The van der Waals surface area contributed by atoms with Gasteiger partial charge < -0.3 is 4.74 Å². The predicted octanol–water partition coefficient (Wildman–Crippen LogP) is 7.63. The summed E-state index contributed by atoms with van der Waals surface area (Å²) in [5.74, 6) is 5.69. The quantitative estimate of drug-likeness (QED) is 0.442. The smallest absolute Gasteiger partial charge is 0.100 e. The van der Waals surface area contributed by atoms with E-state index in [0.29, 0.717) is 22.5 Å². The molecule has 1 aliphatic heterocycles. The van der Waals surface area contributed by atoms with E-state index in [1.807, 2.05) is 0 Å². The van der Waals surface area contributed by atoms with E-state index in [9.17, 15) is 0 Å². The first-order chi connectivity index (χ1) is 13.3. The van der Waals surface area contributed by atoms with Crippen LogP contribution in [0.4, 0.5) is 0 Å². The lowest BCUT2D eigenvalue weighted by atomic mass is 9.44. The van der Waals surface area contributed by atoms with E-state index in [1.54, 1.807) is 0 Å². The van der Waals surface area contributed by atoms with Gasteiger partial charge in [0, 0.05) is 5.41 Å². The summed E-state index contributed by atoms with van der Waals surface area (Å²) in [4.78, 5) is 0. The molecule has 9 atom stereocenters. The predicted molar refractivity (Wildman–Crippen MR) is 117 cm³/mol. The van der Waals surface area contributed by atoms with Gasteiger partial charge in [-0.05, 0) is 85.9 Å². The molecular weight excluding hydrogens is 340 g/mol. The third kappa shape index (κ3) is 2.66. The second-order valence-corrected chi connectivity index (χ2v) is 12.8. The third-order valence-corrected chi connectivity index (χ3v) is 11.2. The minimum atomic E-state index is 0.322. The maximum atomic E-state index is 6.60. The van der Waals surface area contributed by atoms with Crippen molar-refractivity contribution >= 4 is 0 Å². The molecular formula is C27H46O. The van der Waals surface area contributed by atoms with Crippen LogP contribution in [0, 0.1) is 46.3 Å². The summed E-state index contributed by atoms with van der Waals surface area (Å²) < 4.78 is 6.60. The average molecular weight is 387 g/mol. The van der Waals surface area contributed by atoms with Crippen LogP contribution < -0.4 is 0 Å². The summed E-state index contributed by atoms with van der Waals surface area (Å²) in [7, 11) is 0. The van der Waals surface area contributed by atoms with Gasteiger partial charge in [-0.2, -0.15) is 0 Å². The Morgan fingerprint density at radius 3 is 2.46 bits per heavy atom. The molecule has 0 aromatic rings. The van der Waals surface area contributed by atoms with Crippen LogP contribution in [0.25, 0.3) is 0 Å². The van der Waals surface area contributed by atoms with Gasteiger partial charge in [0.2, 0.25) is 0 Å². The number of hydrogen-bond donors (Lipinski definition) is 0. The first-order valence-electron chi connectivity index (χ1n) is 13.0. The van der Waals surface area contributed by atoms with Crippen molar-refractivity contribution in [1.29, 1.82) is 0 Å². The molecule has 4 aliphatic carbocycles. The van der Waals surface area contributed by atoms with Crippen LogP contribution in [-0.4, -0.2) is 11.7 Å². The van der Waals surface area contributed by atoms with Crippen LogP contribution in [-0.2, 0) is 4.74 Å². The van der Waals surface area contributed by atoms with Gasteiger partial charge in [0.15, 0.2) is 0 Å². The fraction of sp³-hybridized carbons (Fsp3) is 1.00. The van der Waals surface area contributed by atoms with E-state index in [2.05, 4.69) is 34.6 Å². The van der Waals surface area contributed by atoms with Crippen molar-refractivity contribution in [3.63, 3.8) is 0 Å². The monoisotopic (exact) mass is 386 g/mol. The summed E-state index contributed by atoms with van der Waals surface area (Å²) in [5, 5.41) is 0. The summed E-state index contributed by atoms with van der Waals surface area (Å²) in [5.41, 5.74) is 1.45. The maximum absolute atomic E-state index is 6.60. The SMILES string of the molecule is CC(C)CCC[C@@H](C)[C@H]1CC[C@H]2[C@@H]3CC4OC45CCCC[C@]5(C)[C@H]3CC[C@]12C. The Morgan fingerprint density at radius 2 is 1.68 bits per heavy atom. The van der Waals surface area contributed by atoms with E-state index >= 15 is 0 Å². The Hall–Kier alpha value is -0.0400. The fourth-order valence-corrected chi connectivity index (χ4v) is 9.74. The Kier molecular flexibility index (Phi) is 4.78. The summed E-state index contributed by atoms with van der Waals surface area (Å²) in [6.45, 7) is 12.8. The highest BCUT2D eigenvalue weighted by atomic mass is 16.6. The molecule has 1 heteroatoms. The second kappa shape index (κ2) is 6.73. The highest BCUT2D eigenvalue weighted by molar-refractivity contribution is 5.23. The zero-order valence-corrected chi connectivity index (χ0v) is 19.4. The summed E-state index contributed by atoms with van der Waals surface area (Å²) in [6.07, 6.45) is 18.1. The van der Waals surface area contributed by atoms with Crippen molar-refractivity contribution < 1.29 is 4.74 Å². The molecule has 5 rings (SSSR count). The molecule has 0 N–H and O–H groups in total. The molecule has 0 bridgehead atoms. The zero-order valence-electron chi connectivity index (χ0n) is 19.4. The molecule has 0 aromatic heterocycles. The lowest BCUT2D eigenvalue weighted by Crippen LogP contribution is -2.57. The first kappa shape index (κ1) is 19.9. The van der Waals surface area contributed by atoms with E-state index < -0.39 is 0 Å². The molecule has 1 saturated heterocycles. The maximum Gasteiger partial charge on any atom is 0.100 e. The molecule has 1 nitrogen and oxygen atoms in total. The van der Waals surface area contributed by atoms with Crippen molar-refractivity contribution in [3.05, 3.63) is 0 Å².